The first kappa shape index (κ1) is 14.8. The van der Waals surface area contributed by atoms with E-state index in [2.05, 4.69) is 0 Å². The summed E-state index contributed by atoms with van der Waals surface area (Å²) in [6.07, 6.45) is 0.526. The highest BCUT2D eigenvalue weighted by Crippen LogP contribution is 2.20. The second-order valence-corrected chi connectivity index (χ2v) is 7.65. The van der Waals surface area contributed by atoms with Crippen molar-refractivity contribution >= 4 is 21.4 Å². The van der Waals surface area contributed by atoms with Gasteiger partial charge in [0.15, 0.2) is 9.84 Å². The van der Waals surface area contributed by atoms with Gasteiger partial charge < -0.3 is 9.80 Å². The number of benzene rings is 1. The van der Waals surface area contributed by atoms with Gasteiger partial charge in [-0.15, -0.1) is 0 Å². The zero-order chi connectivity index (χ0) is 14.9. The Morgan fingerprint density at radius 3 is 2.50 bits per heavy atom. The minimum Gasteiger partial charge on any atom is -0.378 e. The molecule has 5 nitrogen and oxygen atoms in total. The van der Waals surface area contributed by atoms with Crippen LogP contribution in [-0.2, 0) is 9.84 Å². The van der Waals surface area contributed by atoms with E-state index in [9.17, 15) is 13.2 Å². The summed E-state index contributed by atoms with van der Waals surface area (Å²) in [7, 11) is 2.52. The summed E-state index contributed by atoms with van der Waals surface area (Å²) < 4.78 is 23.0. The van der Waals surface area contributed by atoms with Crippen molar-refractivity contribution < 1.29 is 13.2 Å². The number of nitrogens with zero attached hydrogens (tertiary/aromatic N) is 2. The fourth-order valence-corrected chi connectivity index (χ4v) is 4.14. The van der Waals surface area contributed by atoms with Crippen molar-refractivity contribution in [3.63, 3.8) is 0 Å². The third kappa shape index (κ3) is 3.12. The van der Waals surface area contributed by atoms with Crippen LogP contribution < -0.4 is 4.90 Å². The smallest absolute Gasteiger partial charge is 0.253 e. The summed E-state index contributed by atoms with van der Waals surface area (Å²) in [5.41, 5.74) is 1.53. The summed E-state index contributed by atoms with van der Waals surface area (Å²) in [4.78, 5) is 15.9. The van der Waals surface area contributed by atoms with E-state index in [4.69, 9.17) is 0 Å². The molecule has 1 atom stereocenters. The largest absolute Gasteiger partial charge is 0.378 e. The van der Waals surface area contributed by atoms with E-state index in [1.807, 2.05) is 37.2 Å². The molecule has 2 rings (SSSR count). The maximum Gasteiger partial charge on any atom is 0.253 e. The van der Waals surface area contributed by atoms with Crippen LogP contribution in [0.5, 0.6) is 0 Å². The first-order valence-corrected chi connectivity index (χ1v) is 8.37. The summed E-state index contributed by atoms with van der Waals surface area (Å²) in [5, 5.41) is 0. The number of sulfone groups is 1. The molecular formula is C14H20N2O3S. The van der Waals surface area contributed by atoms with E-state index in [0.717, 1.165) is 5.69 Å². The lowest BCUT2D eigenvalue weighted by Gasteiger charge is -2.24. The molecule has 0 aliphatic carbocycles. The normalized spacial score (nSPS) is 20.6. The van der Waals surface area contributed by atoms with Crippen LogP contribution in [0.15, 0.2) is 24.3 Å². The number of rotatable bonds is 3. The quantitative estimate of drug-likeness (QED) is 0.835. The van der Waals surface area contributed by atoms with Crippen LogP contribution in [0, 0.1) is 0 Å². The maximum absolute atomic E-state index is 12.4. The Morgan fingerprint density at radius 2 is 1.95 bits per heavy atom. The Hall–Kier alpha value is -1.56. The molecule has 1 aliphatic heterocycles. The van der Waals surface area contributed by atoms with Crippen LogP contribution in [0.1, 0.15) is 16.8 Å². The van der Waals surface area contributed by atoms with Gasteiger partial charge >= 0.3 is 0 Å². The van der Waals surface area contributed by atoms with E-state index in [1.165, 1.54) is 0 Å². The highest BCUT2D eigenvalue weighted by atomic mass is 32.2. The molecule has 1 saturated heterocycles. The van der Waals surface area contributed by atoms with Gasteiger partial charge in [0.25, 0.3) is 5.91 Å². The van der Waals surface area contributed by atoms with Crippen molar-refractivity contribution in [2.45, 2.75) is 12.5 Å². The maximum atomic E-state index is 12.4. The summed E-state index contributed by atoms with van der Waals surface area (Å²) in [5.74, 6) is 0.117. The van der Waals surface area contributed by atoms with Crippen molar-refractivity contribution in [1.82, 2.24) is 4.90 Å². The highest BCUT2D eigenvalue weighted by Gasteiger charge is 2.33. The van der Waals surface area contributed by atoms with Crippen LogP contribution in [0.4, 0.5) is 5.69 Å². The van der Waals surface area contributed by atoms with Crippen molar-refractivity contribution in [2.24, 2.45) is 0 Å². The van der Waals surface area contributed by atoms with Crippen molar-refractivity contribution in [1.29, 1.82) is 0 Å². The monoisotopic (exact) mass is 296 g/mol. The molecule has 1 unspecified atom stereocenters. The molecule has 1 aromatic carbocycles. The molecule has 20 heavy (non-hydrogen) atoms. The minimum absolute atomic E-state index is 0.0720. The zero-order valence-electron chi connectivity index (χ0n) is 12.0. The van der Waals surface area contributed by atoms with E-state index in [-0.39, 0.29) is 23.5 Å². The minimum atomic E-state index is -2.98. The van der Waals surface area contributed by atoms with Crippen molar-refractivity contribution in [2.75, 3.05) is 37.5 Å². The van der Waals surface area contributed by atoms with Gasteiger partial charge in [-0.1, -0.05) is 6.07 Å². The second kappa shape index (κ2) is 5.44. The molecule has 0 radical (unpaired) electrons. The van der Waals surface area contributed by atoms with E-state index < -0.39 is 9.84 Å². The van der Waals surface area contributed by atoms with Gasteiger partial charge in [0.05, 0.1) is 11.5 Å². The summed E-state index contributed by atoms with van der Waals surface area (Å²) in [6, 6.07) is 7.13. The Bertz CT molecular complexity index is 611. The first-order valence-electron chi connectivity index (χ1n) is 6.55. The Labute approximate surface area is 120 Å². The van der Waals surface area contributed by atoms with Crippen LogP contribution in [0.3, 0.4) is 0 Å². The van der Waals surface area contributed by atoms with Gasteiger partial charge in [-0.25, -0.2) is 8.42 Å². The standard InChI is InChI=1S/C14H20N2O3S/c1-15(2)12-6-4-5-11(9-12)14(17)16(3)13-7-8-20(18,19)10-13/h4-6,9,13H,7-8,10H2,1-3H3. The third-order valence-electron chi connectivity index (χ3n) is 3.69. The molecule has 1 heterocycles. The van der Waals surface area contributed by atoms with E-state index in [0.29, 0.717) is 12.0 Å². The van der Waals surface area contributed by atoms with Gasteiger partial charge in [-0.3, -0.25) is 4.79 Å². The van der Waals surface area contributed by atoms with E-state index in [1.54, 1.807) is 18.0 Å². The lowest BCUT2D eigenvalue weighted by atomic mass is 10.1. The molecule has 1 amide bonds. The van der Waals surface area contributed by atoms with E-state index >= 15 is 0 Å². The summed E-state index contributed by atoms with van der Waals surface area (Å²) in [6.45, 7) is 0. The van der Waals surface area contributed by atoms with Crippen molar-refractivity contribution in [3.8, 4) is 0 Å². The van der Waals surface area contributed by atoms with Gasteiger partial charge in [0.2, 0.25) is 0 Å². The number of hydrogen-bond acceptors (Lipinski definition) is 4. The molecular weight excluding hydrogens is 276 g/mol. The summed E-state index contributed by atoms with van der Waals surface area (Å²) >= 11 is 0. The zero-order valence-corrected chi connectivity index (χ0v) is 12.9. The lowest BCUT2D eigenvalue weighted by Crippen LogP contribution is -2.37. The van der Waals surface area contributed by atoms with Crippen LogP contribution >= 0.6 is 0 Å². The SMILES string of the molecule is CN(C)c1cccc(C(=O)N(C)C2CCS(=O)(=O)C2)c1. The molecule has 0 saturated carbocycles. The number of carbonyl (C=O) groups excluding carboxylic acids is 1. The number of amides is 1. The van der Waals surface area contributed by atoms with Crippen LogP contribution in [0.25, 0.3) is 0 Å². The third-order valence-corrected chi connectivity index (χ3v) is 5.44. The fourth-order valence-electron chi connectivity index (χ4n) is 2.37. The molecule has 0 bridgehead atoms. The molecule has 0 N–H and O–H groups in total. The highest BCUT2D eigenvalue weighted by molar-refractivity contribution is 7.91. The second-order valence-electron chi connectivity index (χ2n) is 5.42. The molecule has 0 aromatic heterocycles. The molecule has 1 fully saturated rings. The van der Waals surface area contributed by atoms with Gasteiger partial charge in [0, 0.05) is 38.4 Å². The number of anilines is 1. The number of hydrogen-bond donors (Lipinski definition) is 0. The molecule has 1 aliphatic rings. The number of carbonyl (C=O) groups is 1. The predicted molar refractivity (Wildman–Crippen MR) is 79.9 cm³/mol. The van der Waals surface area contributed by atoms with Crippen LogP contribution in [-0.4, -0.2) is 57.9 Å². The Morgan fingerprint density at radius 1 is 1.25 bits per heavy atom. The van der Waals surface area contributed by atoms with Crippen molar-refractivity contribution in [3.05, 3.63) is 29.8 Å². The first-order chi connectivity index (χ1) is 9.30. The molecule has 0 spiro atoms. The lowest BCUT2D eigenvalue weighted by molar-refractivity contribution is 0.0748. The van der Waals surface area contributed by atoms with Gasteiger partial charge in [-0.2, -0.15) is 0 Å². The van der Waals surface area contributed by atoms with Crippen LogP contribution in [0.2, 0.25) is 0 Å². The average Bonchev–Trinajstić information content (AvgIpc) is 2.77. The molecule has 6 heteroatoms. The Kier molecular flexibility index (Phi) is 4.04. The van der Waals surface area contributed by atoms with Gasteiger partial charge in [-0.05, 0) is 24.6 Å². The average molecular weight is 296 g/mol. The topological polar surface area (TPSA) is 57.7 Å². The fraction of sp³-hybridized carbons (Fsp3) is 0.500. The molecule has 110 valence electrons. The molecule has 1 aromatic rings. The van der Waals surface area contributed by atoms with Gasteiger partial charge in [0.1, 0.15) is 0 Å². The predicted octanol–water partition coefficient (Wildman–Crippen LogP) is 1.01. The Balaban J connectivity index is 2.17.